The summed E-state index contributed by atoms with van der Waals surface area (Å²) >= 11 is 0. The third kappa shape index (κ3) is 3.00. The number of carbonyl (C=O) groups excluding carboxylic acids is 1. The summed E-state index contributed by atoms with van der Waals surface area (Å²) in [4.78, 5) is 15.2. The Balaban J connectivity index is 2.04. The van der Waals surface area contributed by atoms with Gasteiger partial charge in [0.2, 0.25) is 0 Å². The van der Waals surface area contributed by atoms with Crippen LogP contribution in [0.25, 0.3) is 0 Å². The first-order chi connectivity index (χ1) is 8.79. The molecule has 6 nitrogen and oxygen atoms in total. The highest BCUT2D eigenvalue weighted by Gasteiger charge is 2.07. The number of nitrogens with zero attached hydrogens (tertiary/aromatic N) is 3. The van der Waals surface area contributed by atoms with Gasteiger partial charge in [-0.1, -0.05) is 0 Å². The molecule has 18 heavy (non-hydrogen) atoms. The summed E-state index contributed by atoms with van der Waals surface area (Å²) in [5, 5.41) is 10.9. The summed E-state index contributed by atoms with van der Waals surface area (Å²) < 4.78 is 4.60. The van der Waals surface area contributed by atoms with Gasteiger partial charge >= 0.3 is 5.97 Å². The van der Waals surface area contributed by atoms with Crippen molar-refractivity contribution in [1.29, 1.82) is 0 Å². The molecular formula is C12H12N4O2. The molecule has 2 aromatic heterocycles. The molecule has 0 amide bonds. The highest BCUT2D eigenvalue weighted by Crippen LogP contribution is 2.09. The summed E-state index contributed by atoms with van der Waals surface area (Å²) in [6.07, 6.45) is 3.16. The van der Waals surface area contributed by atoms with Crippen molar-refractivity contribution in [3.05, 3.63) is 48.0 Å². The minimum absolute atomic E-state index is 0.265. The topological polar surface area (TPSA) is 77.0 Å². The second-order valence-electron chi connectivity index (χ2n) is 3.49. The second kappa shape index (κ2) is 5.72. The number of hydrogen-bond donors (Lipinski definition) is 1. The molecule has 92 valence electrons. The van der Waals surface area contributed by atoms with Crippen LogP contribution in [0.4, 0.5) is 5.69 Å². The molecule has 0 unspecified atom stereocenters. The zero-order valence-corrected chi connectivity index (χ0v) is 9.83. The lowest BCUT2D eigenvalue weighted by Gasteiger charge is -2.06. The molecule has 0 bridgehead atoms. The fourth-order valence-corrected chi connectivity index (χ4v) is 1.38. The molecule has 0 spiro atoms. The zero-order chi connectivity index (χ0) is 12.8. The first-order valence-electron chi connectivity index (χ1n) is 5.34. The fraction of sp³-hybridized carbons (Fsp3) is 0.167. The molecule has 0 fully saturated rings. The molecule has 0 radical (unpaired) electrons. The highest BCUT2D eigenvalue weighted by molar-refractivity contribution is 5.88. The molecule has 1 N–H and O–H groups in total. The molecule has 0 aliphatic rings. The number of anilines is 1. The standard InChI is InChI=1S/C12H12N4O2/c1-18-12(17)11-7-9(4-6-13-11)14-8-10-3-2-5-15-16-10/h2-7H,8H2,1H3,(H,13,14). The minimum Gasteiger partial charge on any atom is -0.464 e. The van der Waals surface area contributed by atoms with E-state index in [0.717, 1.165) is 11.4 Å². The Morgan fingerprint density at radius 3 is 3.00 bits per heavy atom. The Morgan fingerprint density at radius 1 is 1.39 bits per heavy atom. The molecule has 0 aliphatic heterocycles. The number of esters is 1. The van der Waals surface area contributed by atoms with E-state index in [4.69, 9.17) is 0 Å². The van der Waals surface area contributed by atoms with E-state index in [1.165, 1.54) is 7.11 Å². The van der Waals surface area contributed by atoms with Crippen molar-refractivity contribution in [1.82, 2.24) is 15.2 Å². The maximum atomic E-state index is 11.3. The number of ether oxygens (including phenoxy) is 1. The summed E-state index contributed by atoms with van der Waals surface area (Å²) in [5.74, 6) is -0.460. The van der Waals surface area contributed by atoms with Crippen LogP contribution in [0.1, 0.15) is 16.2 Å². The highest BCUT2D eigenvalue weighted by atomic mass is 16.5. The van der Waals surface area contributed by atoms with E-state index >= 15 is 0 Å². The number of pyridine rings is 1. The third-order valence-electron chi connectivity index (χ3n) is 2.26. The molecule has 0 aromatic carbocycles. The lowest BCUT2D eigenvalue weighted by atomic mass is 10.3. The number of carbonyl (C=O) groups is 1. The van der Waals surface area contributed by atoms with Crippen LogP contribution in [0.3, 0.4) is 0 Å². The van der Waals surface area contributed by atoms with Gasteiger partial charge in [0.1, 0.15) is 5.69 Å². The predicted octanol–water partition coefficient (Wildman–Crippen LogP) is 1.27. The Labute approximate surface area is 104 Å². The molecule has 0 saturated carbocycles. The van der Waals surface area contributed by atoms with Crippen LogP contribution >= 0.6 is 0 Å². The van der Waals surface area contributed by atoms with Crippen molar-refractivity contribution in [3.63, 3.8) is 0 Å². The van der Waals surface area contributed by atoms with Crippen LogP contribution in [0, 0.1) is 0 Å². The van der Waals surface area contributed by atoms with Gasteiger partial charge in [-0.05, 0) is 24.3 Å². The largest absolute Gasteiger partial charge is 0.464 e. The lowest BCUT2D eigenvalue weighted by Crippen LogP contribution is -2.06. The molecule has 2 aromatic rings. The van der Waals surface area contributed by atoms with Gasteiger partial charge in [0.25, 0.3) is 0 Å². The molecule has 2 rings (SSSR count). The van der Waals surface area contributed by atoms with Crippen molar-refractivity contribution in [2.75, 3.05) is 12.4 Å². The van der Waals surface area contributed by atoms with E-state index in [9.17, 15) is 4.79 Å². The van der Waals surface area contributed by atoms with Crippen LogP contribution in [0.5, 0.6) is 0 Å². The fourth-order valence-electron chi connectivity index (χ4n) is 1.38. The van der Waals surface area contributed by atoms with E-state index in [1.54, 1.807) is 24.5 Å². The smallest absolute Gasteiger partial charge is 0.356 e. The monoisotopic (exact) mass is 244 g/mol. The van der Waals surface area contributed by atoms with E-state index < -0.39 is 5.97 Å². The van der Waals surface area contributed by atoms with E-state index in [0.29, 0.717) is 6.54 Å². The Morgan fingerprint density at radius 2 is 2.28 bits per heavy atom. The average molecular weight is 244 g/mol. The van der Waals surface area contributed by atoms with Crippen LogP contribution in [0.15, 0.2) is 36.7 Å². The predicted molar refractivity (Wildman–Crippen MR) is 64.9 cm³/mol. The van der Waals surface area contributed by atoms with Gasteiger partial charge in [-0.3, -0.25) is 0 Å². The zero-order valence-electron chi connectivity index (χ0n) is 9.83. The minimum atomic E-state index is -0.460. The number of methoxy groups -OCH3 is 1. The quantitative estimate of drug-likeness (QED) is 0.816. The number of nitrogens with one attached hydrogen (secondary N) is 1. The van der Waals surface area contributed by atoms with Crippen LogP contribution in [-0.2, 0) is 11.3 Å². The van der Waals surface area contributed by atoms with Gasteiger partial charge in [0.05, 0.1) is 19.3 Å². The normalized spacial score (nSPS) is 9.83. The van der Waals surface area contributed by atoms with Gasteiger partial charge < -0.3 is 10.1 Å². The van der Waals surface area contributed by atoms with Crippen molar-refractivity contribution in [2.24, 2.45) is 0 Å². The molecule has 0 saturated heterocycles. The molecule has 2 heterocycles. The van der Waals surface area contributed by atoms with Gasteiger partial charge in [0.15, 0.2) is 0 Å². The summed E-state index contributed by atoms with van der Waals surface area (Å²) in [6.45, 7) is 0.526. The Hall–Kier alpha value is -2.50. The average Bonchev–Trinajstić information content (AvgIpc) is 2.45. The van der Waals surface area contributed by atoms with Crippen LogP contribution < -0.4 is 5.32 Å². The molecule has 0 atom stereocenters. The van der Waals surface area contributed by atoms with Gasteiger partial charge in [-0.15, -0.1) is 0 Å². The third-order valence-corrected chi connectivity index (χ3v) is 2.26. The Kier molecular flexibility index (Phi) is 3.80. The first kappa shape index (κ1) is 12.0. The van der Waals surface area contributed by atoms with Crippen molar-refractivity contribution >= 4 is 11.7 Å². The van der Waals surface area contributed by atoms with E-state index in [-0.39, 0.29) is 5.69 Å². The number of rotatable bonds is 4. The molecule has 0 aliphatic carbocycles. The number of hydrogen-bond acceptors (Lipinski definition) is 6. The number of aromatic nitrogens is 3. The van der Waals surface area contributed by atoms with Crippen molar-refractivity contribution in [2.45, 2.75) is 6.54 Å². The summed E-state index contributed by atoms with van der Waals surface area (Å²) in [5.41, 5.74) is 1.85. The summed E-state index contributed by atoms with van der Waals surface area (Å²) in [6, 6.07) is 7.07. The van der Waals surface area contributed by atoms with Gasteiger partial charge in [0, 0.05) is 18.1 Å². The lowest BCUT2D eigenvalue weighted by molar-refractivity contribution is 0.0594. The van der Waals surface area contributed by atoms with Crippen LogP contribution in [0.2, 0.25) is 0 Å². The molecular weight excluding hydrogens is 232 g/mol. The molecule has 6 heteroatoms. The van der Waals surface area contributed by atoms with Crippen molar-refractivity contribution < 1.29 is 9.53 Å². The maximum absolute atomic E-state index is 11.3. The van der Waals surface area contributed by atoms with Gasteiger partial charge in [-0.2, -0.15) is 10.2 Å². The first-order valence-corrected chi connectivity index (χ1v) is 5.34. The van der Waals surface area contributed by atoms with Crippen molar-refractivity contribution in [3.8, 4) is 0 Å². The van der Waals surface area contributed by atoms with Crippen LogP contribution in [-0.4, -0.2) is 28.3 Å². The van der Waals surface area contributed by atoms with E-state index in [1.807, 2.05) is 12.1 Å². The van der Waals surface area contributed by atoms with Gasteiger partial charge in [-0.25, -0.2) is 9.78 Å². The Bertz CT molecular complexity index is 531. The SMILES string of the molecule is COC(=O)c1cc(NCc2cccnn2)ccn1. The van der Waals surface area contributed by atoms with E-state index in [2.05, 4.69) is 25.2 Å². The summed E-state index contributed by atoms with van der Waals surface area (Å²) in [7, 11) is 1.32. The maximum Gasteiger partial charge on any atom is 0.356 e. The second-order valence-corrected chi connectivity index (χ2v) is 3.49.